The molecule has 1 atom stereocenters. The van der Waals surface area contributed by atoms with Gasteiger partial charge in [0.2, 0.25) is 0 Å². The van der Waals surface area contributed by atoms with Crippen LogP contribution in [0.2, 0.25) is 0 Å². The van der Waals surface area contributed by atoms with E-state index in [2.05, 4.69) is 12.1 Å². The van der Waals surface area contributed by atoms with Gasteiger partial charge in [-0.25, -0.2) is 0 Å². The van der Waals surface area contributed by atoms with Crippen molar-refractivity contribution in [3.63, 3.8) is 0 Å². The lowest BCUT2D eigenvalue weighted by Gasteiger charge is -2.11. The van der Waals surface area contributed by atoms with Gasteiger partial charge in [-0.2, -0.15) is 0 Å². The zero-order valence-corrected chi connectivity index (χ0v) is 11.3. The van der Waals surface area contributed by atoms with Crippen LogP contribution < -0.4 is 4.74 Å². The summed E-state index contributed by atoms with van der Waals surface area (Å²) >= 11 is 0. The van der Waals surface area contributed by atoms with Crippen LogP contribution >= 0.6 is 0 Å². The van der Waals surface area contributed by atoms with Crippen molar-refractivity contribution in [2.75, 3.05) is 19.8 Å². The fourth-order valence-electron chi connectivity index (χ4n) is 2.50. The van der Waals surface area contributed by atoms with E-state index < -0.39 is 0 Å². The first-order chi connectivity index (χ1) is 9.40. The first-order valence-corrected chi connectivity index (χ1v) is 7.35. The van der Waals surface area contributed by atoms with Crippen LogP contribution in [-0.4, -0.2) is 32.0 Å². The molecule has 0 amide bonds. The number of rotatable bonds is 7. The van der Waals surface area contributed by atoms with Crippen molar-refractivity contribution in [3.8, 4) is 5.75 Å². The first kappa shape index (κ1) is 12.9. The smallest absolute Gasteiger partial charge is 0.119 e. The van der Waals surface area contributed by atoms with Gasteiger partial charge in [-0.3, -0.25) is 0 Å². The summed E-state index contributed by atoms with van der Waals surface area (Å²) in [5.74, 6) is 0.927. The lowest BCUT2D eigenvalue weighted by Crippen LogP contribution is -2.10. The predicted octanol–water partition coefficient (Wildman–Crippen LogP) is 2.97. The van der Waals surface area contributed by atoms with Crippen LogP contribution in [0.3, 0.4) is 0 Å². The third-order valence-corrected chi connectivity index (χ3v) is 3.81. The second-order valence-electron chi connectivity index (χ2n) is 5.44. The van der Waals surface area contributed by atoms with E-state index in [1.807, 2.05) is 12.1 Å². The Hall–Kier alpha value is -1.06. The number of benzene rings is 1. The third kappa shape index (κ3) is 4.22. The van der Waals surface area contributed by atoms with Gasteiger partial charge in [0.25, 0.3) is 0 Å². The lowest BCUT2D eigenvalue weighted by atomic mass is 10.1. The van der Waals surface area contributed by atoms with Crippen LogP contribution in [0.15, 0.2) is 24.3 Å². The summed E-state index contributed by atoms with van der Waals surface area (Å²) in [5.41, 5.74) is 1.31. The molecule has 1 unspecified atom stereocenters. The Morgan fingerprint density at radius 1 is 1.11 bits per heavy atom. The molecule has 1 saturated heterocycles. The maximum absolute atomic E-state index is 5.88. The van der Waals surface area contributed by atoms with Crippen LogP contribution in [0.5, 0.6) is 5.75 Å². The van der Waals surface area contributed by atoms with Crippen molar-refractivity contribution in [3.05, 3.63) is 29.8 Å². The van der Waals surface area contributed by atoms with E-state index in [0.29, 0.717) is 18.8 Å². The molecule has 2 aliphatic rings. The van der Waals surface area contributed by atoms with E-state index in [-0.39, 0.29) is 0 Å². The van der Waals surface area contributed by atoms with E-state index in [4.69, 9.17) is 14.2 Å². The third-order valence-electron chi connectivity index (χ3n) is 3.81. The van der Waals surface area contributed by atoms with Crippen molar-refractivity contribution in [2.24, 2.45) is 0 Å². The molecule has 1 saturated carbocycles. The van der Waals surface area contributed by atoms with Crippen molar-refractivity contribution < 1.29 is 14.2 Å². The van der Waals surface area contributed by atoms with Gasteiger partial charge in [0.05, 0.1) is 19.3 Å². The van der Waals surface area contributed by atoms with Gasteiger partial charge in [-0.15, -0.1) is 0 Å². The second kappa shape index (κ2) is 6.40. The summed E-state index contributed by atoms with van der Waals surface area (Å²) in [5, 5.41) is 0. The first-order valence-electron chi connectivity index (χ1n) is 7.35. The zero-order chi connectivity index (χ0) is 12.9. The van der Waals surface area contributed by atoms with Gasteiger partial charge in [0, 0.05) is 0 Å². The summed E-state index contributed by atoms with van der Waals surface area (Å²) < 4.78 is 16.6. The SMILES string of the molecule is c1cc(OCC2CO2)ccc1CCOC1CCCC1. The fraction of sp³-hybridized carbons (Fsp3) is 0.625. The maximum Gasteiger partial charge on any atom is 0.119 e. The minimum Gasteiger partial charge on any atom is -0.491 e. The minimum atomic E-state index is 0.319. The molecule has 0 aromatic heterocycles. The molecule has 3 nitrogen and oxygen atoms in total. The zero-order valence-electron chi connectivity index (χ0n) is 11.3. The highest BCUT2D eigenvalue weighted by Crippen LogP contribution is 2.21. The van der Waals surface area contributed by atoms with Crippen LogP contribution in [0, 0.1) is 0 Å². The summed E-state index contributed by atoms with van der Waals surface area (Å²) in [7, 11) is 0. The monoisotopic (exact) mass is 262 g/mol. The Morgan fingerprint density at radius 3 is 2.53 bits per heavy atom. The largest absolute Gasteiger partial charge is 0.491 e. The molecule has 1 aromatic rings. The second-order valence-corrected chi connectivity index (χ2v) is 5.44. The fourth-order valence-corrected chi connectivity index (χ4v) is 2.50. The molecular weight excluding hydrogens is 240 g/mol. The van der Waals surface area contributed by atoms with Crippen molar-refractivity contribution >= 4 is 0 Å². The predicted molar refractivity (Wildman–Crippen MR) is 73.6 cm³/mol. The summed E-state index contributed by atoms with van der Waals surface area (Å²) in [4.78, 5) is 0. The Morgan fingerprint density at radius 2 is 1.84 bits per heavy atom. The van der Waals surface area contributed by atoms with Gasteiger partial charge in [-0.1, -0.05) is 25.0 Å². The number of hydrogen-bond donors (Lipinski definition) is 0. The highest BCUT2D eigenvalue weighted by atomic mass is 16.6. The molecule has 1 aliphatic heterocycles. The summed E-state index contributed by atoms with van der Waals surface area (Å²) in [6.07, 6.45) is 6.98. The molecule has 3 rings (SSSR count). The Kier molecular flexibility index (Phi) is 4.36. The highest BCUT2D eigenvalue weighted by Gasteiger charge is 2.22. The van der Waals surface area contributed by atoms with Crippen LogP contribution in [0.1, 0.15) is 31.2 Å². The van der Waals surface area contributed by atoms with E-state index in [1.54, 1.807) is 0 Å². The Bertz CT molecular complexity index is 377. The van der Waals surface area contributed by atoms with Crippen LogP contribution in [-0.2, 0) is 15.9 Å². The summed E-state index contributed by atoms with van der Waals surface area (Å²) in [6, 6.07) is 8.32. The number of hydrogen-bond acceptors (Lipinski definition) is 3. The number of ether oxygens (including phenoxy) is 3. The average Bonchev–Trinajstić information content (AvgIpc) is 3.13. The van der Waals surface area contributed by atoms with Gasteiger partial charge in [0.1, 0.15) is 18.5 Å². The van der Waals surface area contributed by atoms with E-state index in [1.165, 1.54) is 31.2 Å². The van der Waals surface area contributed by atoms with Crippen LogP contribution in [0.25, 0.3) is 0 Å². The highest BCUT2D eigenvalue weighted by molar-refractivity contribution is 5.27. The van der Waals surface area contributed by atoms with Gasteiger partial charge in [-0.05, 0) is 37.0 Å². The standard InChI is InChI=1S/C16H22O3/c1-2-4-14(3-1)17-10-9-13-5-7-15(8-6-13)18-11-16-12-19-16/h5-8,14,16H,1-4,9-12H2. The molecule has 3 heteroatoms. The molecule has 0 spiro atoms. The van der Waals surface area contributed by atoms with Crippen molar-refractivity contribution in [2.45, 2.75) is 44.3 Å². The summed E-state index contributed by atoms with van der Waals surface area (Å²) in [6.45, 7) is 2.35. The van der Waals surface area contributed by atoms with Gasteiger partial charge in [0.15, 0.2) is 0 Å². The molecule has 1 aliphatic carbocycles. The molecule has 1 heterocycles. The van der Waals surface area contributed by atoms with Crippen LogP contribution in [0.4, 0.5) is 0 Å². The minimum absolute atomic E-state index is 0.319. The molecular formula is C16H22O3. The average molecular weight is 262 g/mol. The molecule has 0 radical (unpaired) electrons. The molecule has 2 fully saturated rings. The normalized spacial score (nSPS) is 22.6. The topological polar surface area (TPSA) is 31.0 Å². The number of epoxide rings is 1. The molecule has 19 heavy (non-hydrogen) atoms. The quantitative estimate of drug-likeness (QED) is 0.708. The Labute approximate surface area is 114 Å². The van der Waals surface area contributed by atoms with Gasteiger partial charge < -0.3 is 14.2 Å². The molecule has 1 aromatic carbocycles. The van der Waals surface area contributed by atoms with E-state index >= 15 is 0 Å². The van der Waals surface area contributed by atoms with Gasteiger partial charge >= 0.3 is 0 Å². The molecule has 0 N–H and O–H groups in total. The lowest BCUT2D eigenvalue weighted by molar-refractivity contribution is 0.0606. The van der Waals surface area contributed by atoms with Crippen molar-refractivity contribution in [1.82, 2.24) is 0 Å². The maximum atomic E-state index is 5.88. The van der Waals surface area contributed by atoms with E-state index in [9.17, 15) is 0 Å². The molecule has 104 valence electrons. The van der Waals surface area contributed by atoms with Crippen molar-refractivity contribution in [1.29, 1.82) is 0 Å². The Balaban J connectivity index is 1.37. The van der Waals surface area contributed by atoms with E-state index in [0.717, 1.165) is 25.4 Å². The molecule has 0 bridgehead atoms.